The molecular formula is C14H15NO4. The number of benzene rings is 1. The van der Waals surface area contributed by atoms with Crippen LogP contribution >= 0.6 is 0 Å². The number of fused-ring (bicyclic) bond motifs is 1. The fourth-order valence-corrected chi connectivity index (χ4v) is 2.77. The number of amides is 1. The third kappa shape index (κ3) is 2.28. The highest BCUT2D eigenvalue weighted by Gasteiger charge is 2.57. The molecule has 2 aliphatic rings. The minimum Gasteiger partial charge on any atom is -0.480 e. The highest BCUT2D eigenvalue weighted by molar-refractivity contribution is 5.82. The van der Waals surface area contributed by atoms with E-state index in [-0.39, 0.29) is 12.5 Å². The summed E-state index contributed by atoms with van der Waals surface area (Å²) in [5.74, 6) is -0.450. The van der Waals surface area contributed by atoms with E-state index in [2.05, 4.69) is 0 Å². The maximum Gasteiger partial charge on any atom is 0.410 e. The molecule has 1 heterocycles. The van der Waals surface area contributed by atoms with Crippen molar-refractivity contribution >= 4 is 12.1 Å². The minimum absolute atomic E-state index is 0.127. The Labute approximate surface area is 110 Å². The van der Waals surface area contributed by atoms with Crippen LogP contribution in [0.15, 0.2) is 30.3 Å². The van der Waals surface area contributed by atoms with Gasteiger partial charge < -0.3 is 9.84 Å². The van der Waals surface area contributed by atoms with Crippen molar-refractivity contribution in [2.75, 3.05) is 6.54 Å². The first-order chi connectivity index (χ1) is 9.16. The van der Waals surface area contributed by atoms with Crippen LogP contribution in [0.25, 0.3) is 0 Å². The van der Waals surface area contributed by atoms with Gasteiger partial charge >= 0.3 is 12.1 Å². The number of rotatable bonds is 3. The second-order valence-electron chi connectivity index (χ2n) is 5.14. The van der Waals surface area contributed by atoms with Gasteiger partial charge in [0.1, 0.15) is 12.6 Å². The summed E-state index contributed by atoms with van der Waals surface area (Å²) in [5, 5.41) is 9.17. The summed E-state index contributed by atoms with van der Waals surface area (Å²) in [4.78, 5) is 24.5. The second-order valence-corrected chi connectivity index (χ2v) is 5.14. The van der Waals surface area contributed by atoms with E-state index in [1.54, 1.807) is 0 Å². The molecule has 0 radical (unpaired) electrons. The SMILES string of the molecule is O=C(O)[C@@H]1[C@@H]2C[C@@H]2CN1C(=O)OCc1ccccc1. The van der Waals surface area contributed by atoms with Gasteiger partial charge in [-0.25, -0.2) is 9.59 Å². The molecule has 0 aromatic heterocycles. The smallest absolute Gasteiger partial charge is 0.410 e. The summed E-state index contributed by atoms with van der Waals surface area (Å²) in [7, 11) is 0. The van der Waals surface area contributed by atoms with Gasteiger partial charge in [0.2, 0.25) is 0 Å². The van der Waals surface area contributed by atoms with Crippen LogP contribution in [0.1, 0.15) is 12.0 Å². The van der Waals surface area contributed by atoms with E-state index < -0.39 is 18.1 Å². The monoisotopic (exact) mass is 261 g/mol. The molecule has 2 fully saturated rings. The van der Waals surface area contributed by atoms with Gasteiger partial charge in [-0.05, 0) is 23.8 Å². The van der Waals surface area contributed by atoms with Gasteiger partial charge in [0.25, 0.3) is 0 Å². The lowest BCUT2D eigenvalue weighted by atomic mass is 10.2. The largest absolute Gasteiger partial charge is 0.480 e. The lowest BCUT2D eigenvalue weighted by Gasteiger charge is -2.23. The zero-order valence-electron chi connectivity index (χ0n) is 10.4. The lowest BCUT2D eigenvalue weighted by Crippen LogP contribution is -2.43. The molecule has 1 saturated heterocycles. The number of carboxylic acids is 1. The number of ether oxygens (including phenoxy) is 1. The highest BCUT2D eigenvalue weighted by atomic mass is 16.6. The average Bonchev–Trinajstić information content (AvgIpc) is 3.07. The molecule has 1 aliphatic heterocycles. The third-order valence-corrected chi connectivity index (χ3v) is 3.84. The maximum atomic E-state index is 11.9. The standard InChI is InChI=1S/C14H15NO4/c16-13(17)12-11-6-10(11)7-15(12)14(18)19-8-9-4-2-1-3-5-9/h1-5,10-12H,6-8H2,(H,16,17)/t10-,11-,12+/m1/s1. The molecule has 3 atom stereocenters. The molecule has 0 spiro atoms. The Hall–Kier alpha value is -2.04. The van der Waals surface area contributed by atoms with Crippen molar-refractivity contribution in [1.82, 2.24) is 4.90 Å². The number of aliphatic carboxylic acids is 1. The van der Waals surface area contributed by atoms with E-state index in [1.165, 1.54) is 4.90 Å². The zero-order valence-corrected chi connectivity index (χ0v) is 10.4. The third-order valence-electron chi connectivity index (χ3n) is 3.84. The summed E-state index contributed by atoms with van der Waals surface area (Å²) >= 11 is 0. The summed E-state index contributed by atoms with van der Waals surface area (Å²) in [6, 6.07) is 8.66. The number of carbonyl (C=O) groups excluding carboxylic acids is 1. The van der Waals surface area contributed by atoms with E-state index in [0.717, 1.165) is 12.0 Å². The van der Waals surface area contributed by atoms with Crippen molar-refractivity contribution in [3.05, 3.63) is 35.9 Å². The molecule has 0 bridgehead atoms. The van der Waals surface area contributed by atoms with Crippen LogP contribution in [0, 0.1) is 11.8 Å². The van der Waals surface area contributed by atoms with Gasteiger partial charge in [-0.1, -0.05) is 30.3 Å². The molecule has 1 N–H and O–H groups in total. The number of carbonyl (C=O) groups is 2. The van der Waals surface area contributed by atoms with Gasteiger partial charge in [-0.2, -0.15) is 0 Å². The van der Waals surface area contributed by atoms with Crippen LogP contribution in [0.3, 0.4) is 0 Å². The first kappa shape index (κ1) is 12.0. The Morgan fingerprint density at radius 2 is 2.05 bits per heavy atom. The molecule has 3 rings (SSSR count). The predicted molar refractivity (Wildman–Crippen MR) is 66.4 cm³/mol. The number of carboxylic acid groups (broad SMARTS) is 1. The molecular weight excluding hydrogens is 246 g/mol. The topological polar surface area (TPSA) is 66.8 Å². The Balaban J connectivity index is 1.60. The van der Waals surface area contributed by atoms with E-state index in [1.807, 2.05) is 30.3 Å². The van der Waals surface area contributed by atoms with Crippen LogP contribution in [-0.2, 0) is 16.1 Å². The number of hydrogen-bond donors (Lipinski definition) is 1. The molecule has 1 aromatic carbocycles. The van der Waals surface area contributed by atoms with Crippen LogP contribution in [0.4, 0.5) is 4.79 Å². The molecule has 100 valence electrons. The fraction of sp³-hybridized carbons (Fsp3) is 0.429. The molecule has 1 aliphatic carbocycles. The molecule has 5 heteroatoms. The number of piperidine rings is 1. The Kier molecular flexibility index (Phi) is 2.89. The van der Waals surface area contributed by atoms with Crippen molar-refractivity contribution in [3.8, 4) is 0 Å². The van der Waals surface area contributed by atoms with E-state index in [9.17, 15) is 9.59 Å². The first-order valence-electron chi connectivity index (χ1n) is 6.37. The fourth-order valence-electron chi connectivity index (χ4n) is 2.77. The average molecular weight is 261 g/mol. The van der Waals surface area contributed by atoms with E-state index in [4.69, 9.17) is 9.84 Å². The van der Waals surface area contributed by atoms with Crippen molar-refractivity contribution < 1.29 is 19.4 Å². The maximum absolute atomic E-state index is 11.9. The zero-order chi connectivity index (χ0) is 13.4. The van der Waals surface area contributed by atoms with Crippen molar-refractivity contribution in [1.29, 1.82) is 0 Å². The Morgan fingerprint density at radius 3 is 2.74 bits per heavy atom. The Bertz CT molecular complexity index is 501. The summed E-state index contributed by atoms with van der Waals surface area (Å²) < 4.78 is 5.18. The van der Waals surface area contributed by atoms with Crippen molar-refractivity contribution in [2.24, 2.45) is 11.8 Å². The Morgan fingerprint density at radius 1 is 1.32 bits per heavy atom. The van der Waals surface area contributed by atoms with Crippen LogP contribution in [0.2, 0.25) is 0 Å². The summed E-state index contributed by atoms with van der Waals surface area (Å²) in [5.41, 5.74) is 0.895. The van der Waals surface area contributed by atoms with Gasteiger partial charge in [0.05, 0.1) is 0 Å². The van der Waals surface area contributed by atoms with Crippen molar-refractivity contribution in [2.45, 2.75) is 19.1 Å². The molecule has 19 heavy (non-hydrogen) atoms. The number of likely N-dealkylation sites (tertiary alicyclic amines) is 1. The summed E-state index contributed by atoms with van der Waals surface area (Å²) in [6.07, 6.45) is 0.392. The minimum atomic E-state index is -0.929. The van der Waals surface area contributed by atoms with E-state index >= 15 is 0 Å². The quantitative estimate of drug-likeness (QED) is 0.899. The van der Waals surface area contributed by atoms with Gasteiger partial charge in [0.15, 0.2) is 0 Å². The van der Waals surface area contributed by atoms with Crippen LogP contribution in [0.5, 0.6) is 0 Å². The lowest BCUT2D eigenvalue weighted by molar-refractivity contribution is -0.142. The molecule has 1 amide bonds. The van der Waals surface area contributed by atoms with Gasteiger partial charge in [0, 0.05) is 6.54 Å². The highest BCUT2D eigenvalue weighted by Crippen LogP contribution is 2.49. The molecule has 0 unspecified atom stereocenters. The van der Waals surface area contributed by atoms with Gasteiger partial charge in [-0.15, -0.1) is 0 Å². The molecule has 1 aromatic rings. The van der Waals surface area contributed by atoms with Crippen molar-refractivity contribution in [3.63, 3.8) is 0 Å². The normalized spacial score (nSPS) is 27.8. The first-order valence-corrected chi connectivity index (χ1v) is 6.37. The second kappa shape index (κ2) is 4.57. The number of nitrogens with zero attached hydrogens (tertiary/aromatic N) is 1. The summed E-state index contributed by atoms with van der Waals surface area (Å²) in [6.45, 7) is 0.688. The molecule has 5 nitrogen and oxygen atoms in total. The molecule has 1 saturated carbocycles. The van der Waals surface area contributed by atoms with E-state index in [0.29, 0.717) is 12.5 Å². The van der Waals surface area contributed by atoms with Crippen LogP contribution < -0.4 is 0 Å². The number of hydrogen-bond acceptors (Lipinski definition) is 3. The van der Waals surface area contributed by atoms with Gasteiger partial charge in [-0.3, -0.25) is 4.90 Å². The predicted octanol–water partition coefficient (Wildman–Crippen LogP) is 1.73. The van der Waals surface area contributed by atoms with Crippen LogP contribution in [-0.4, -0.2) is 34.7 Å².